The number of aliphatic imine (C=N–C) groups is 1. The topological polar surface area (TPSA) is 108 Å². The fraction of sp³-hybridized carbons (Fsp3) is 0.308. The fourth-order valence-corrected chi connectivity index (χ4v) is 1.66. The summed E-state index contributed by atoms with van der Waals surface area (Å²) in [6.45, 7) is 1.95. The molecular formula is C13H18IN5O3. The molecule has 0 unspecified atom stereocenters. The highest BCUT2D eigenvalue weighted by atomic mass is 127. The third-order valence-electron chi connectivity index (χ3n) is 2.61. The lowest BCUT2D eigenvalue weighted by Crippen LogP contribution is -2.22. The Balaban J connectivity index is 0.00000242. The van der Waals surface area contributed by atoms with Gasteiger partial charge in [-0.1, -0.05) is 5.16 Å². The van der Waals surface area contributed by atoms with Crippen LogP contribution in [0.3, 0.4) is 0 Å². The number of methoxy groups -OCH3 is 2. The van der Waals surface area contributed by atoms with Crippen molar-refractivity contribution in [3.8, 4) is 11.5 Å². The molecule has 0 bridgehead atoms. The standard InChI is InChI=1S/C13H17N5O3.HI/c1-8-16-12(21-18-8)7-15-13(14)17-9-4-5-10(19-2)11(6-9)20-3;/h4-6H,7H2,1-3H3,(H3,14,15,17);1H. The highest BCUT2D eigenvalue weighted by Gasteiger charge is 2.06. The van der Waals surface area contributed by atoms with E-state index in [1.54, 1.807) is 39.3 Å². The van der Waals surface area contributed by atoms with Crippen molar-refractivity contribution in [2.45, 2.75) is 13.5 Å². The van der Waals surface area contributed by atoms with Crippen molar-refractivity contribution in [2.24, 2.45) is 10.7 Å². The van der Waals surface area contributed by atoms with Crippen LogP contribution in [0.4, 0.5) is 5.69 Å². The lowest BCUT2D eigenvalue weighted by atomic mass is 10.3. The molecule has 0 aliphatic carbocycles. The first-order valence-corrected chi connectivity index (χ1v) is 6.20. The van der Waals surface area contributed by atoms with Crippen molar-refractivity contribution in [3.05, 3.63) is 29.9 Å². The monoisotopic (exact) mass is 419 g/mol. The molecule has 9 heteroatoms. The highest BCUT2D eigenvalue weighted by molar-refractivity contribution is 14.0. The van der Waals surface area contributed by atoms with Gasteiger partial charge in [0.1, 0.15) is 6.54 Å². The van der Waals surface area contributed by atoms with Gasteiger partial charge < -0.3 is 25.0 Å². The van der Waals surface area contributed by atoms with Crippen LogP contribution < -0.4 is 20.5 Å². The molecule has 0 saturated heterocycles. The molecule has 22 heavy (non-hydrogen) atoms. The van der Waals surface area contributed by atoms with Gasteiger partial charge in [-0.15, -0.1) is 24.0 Å². The average Bonchev–Trinajstić information content (AvgIpc) is 2.90. The zero-order chi connectivity index (χ0) is 15.2. The van der Waals surface area contributed by atoms with E-state index in [1.807, 2.05) is 0 Å². The van der Waals surface area contributed by atoms with E-state index >= 15 is 0 Å². The molecule has 0 saturated carbocycles. The summed E-state index contributed by atoms with van der Waals surface area (Å²) in [5, 5.41) is 6.62. The van der Waals surface area contributed by atoms with Crippen LogP contribution in [0.25, 0.3) is 0 Å². The Hall–Kier alpha value is -2.04. The summed E-state index contributed by atoms with van der Waals surface area (Å²) >= 11 is 0. The summed E-state index contributed by atoms with van der Waals surface area (Å²) in [5.74, 6) is 2.44. The van der Waals surface area contributed by atoms with Gasteiger partial charge >= 0.3 is 0 Å². The molecule has 1 aromatic heterocycles. The van der Waals surface area contributed by atoms with Gasteiger partial charge in [0.05, 0.1) is 14.2 Å². The molecule has 3 N–H and O–H groups in total. The van der Waals surface area contributed by atoms with Crippen molar-refractivity contribution in [3.63, 3.8) is 0 Å². The minimum absolute atomic E-state index is 0. The maximum absolute atomic E-state index is 5.80. The number of aryl methyl sites for hydroxylation is 1. The SMILES string of the molecule is COc1ccc(NC(N)=NCc2nc(C)no2)cc1OC.I. The molecule has 0 radical (unpaired) electrons. The maximum Gasteiger partial charge on any atom is 0.248 e. The molecule has 8 nitrogen and oxygen atoms in total. The molecule has 120 valence electrons. The Labute approximate surface area is 145 Å². The number of nitrogens with two attached hydrogens (primary N) is 1. The molecule has 0 aliphatic heterocycles. The molecule has 0 atom stereocenters. The van der Waals surface area contributed by atoms with Crippen LogP contribution in [-0.2, 0) is 6.54 Å². The average molecular weight is 419 g/mol. The largest absolute Gasteiger partial charge is 0.493 e. The number of rotatable bonds is 5. The number of guanidine groups is 1. The van der Waals surface area contributed by atoms with Gasteiger partial charge in [0, 0.05) is 11.8 Å². The zero-order valence-corrected chi connectivity index (χ0v) is 14.8. The van der Waals surface area contributed by atoms with Gasteiger partial charge in [0.25, 0.3) is 0 Å². The van der Waals surface area contributed by atoms with Crippen LogP contribution >= 0.6 is 24.0 Å². The van der Waals surface area contributed by atoms with E-state index in [0.717, 1.165) is 5.69 Å². The Bertz CT molecular complexity index is 644. The predicted molar refractivity (Wildman–Crippen MR) is 92.9 cm³/mol. The second kappa shape index (κ2) is 8.41. The number of hydrogen-bond acceptors (Lipinski definition) is 6. The first-order chi connectivity index (χ1) is 10.1. The van der Waals surface area contributed by atoms with Crippen molar-refractivity contribution in [1.82, 2.24) is 10.1 Å². The normalized spacial score (nSPS) is 10.8. The van der Waals surface area contributed by atoms with Crippen LogP contribution in [0, 0.1) is 6.92 Å². The van der Waals surface area contributed by atoms with Crippen LogP contribution in [0.15, 0.2) is 27.7 Å². The van der Waals surface area contributed by atoms with Crippen molar-refractivity contribution < 1.29 is 14.0 Å². The summed E-state index contributed by atoms with van der Waals surface area (Å²) in [4.78, 5) is 8.15. The Morgan fingerprint density at radius 1 is 1.32 bits per heavy atom. The lowest BCUT2D eigenvalue weighted by molar-refractivity contribution is 0.355. The second-order valence-electron chi connectivity index (χ2n) is 4.13. The number of benzene rings is 1. The van der Waals surface area contributed by atoms with E-state index in [9.17, 15) is 0 Å². The van der Waals surface area contributed by atoms with Gasteiger partial charge in [-0.2, -0.15) is 4.98 Å². The Morgan fingerprint density at radius 2 is 2.05 bits per heavy atom. The zero-order valence-electron chi connectivity index (χ0n) is 12.5. The number of aromatic nitrogens is 2. The first-order valence-electron chi connectivity index (χ1n) is 6.20. The van der Waals surface area contributed by atoms with Crippen LogP contribution in [-0.4, -0.2) is 30.3 Å². The summed E-state index contributed by atoms with van der Waals surface area (Å²) < 4.78 is 15.3. The predicted octanol–water partition coefficient (Wildman–Crippen LogP) is 1.94. The Morgan fingerprint density at radius 3 is 2.64 bits per heavy atom. The second-order valence-corrected chi connectivity index (χ2v) is 4.13. The molecule has 0 aliphatic rings. The number of anilines is 1. The van der Waals surface area contributed by atoms with Crippen LogP contribution in [0.2, 0.25) is 0 Å². The molecule has 0 fully saturated rings. The van der Waals surface area contributed by atoms with Crippen LogP contribution in [0.1, 0.15) is 11.7 Å². The third kappa shape index (κ3) is 4.76. The summed E-state index contributed by atoms with van der Waals surface area (Å²) in [7, 11) is 3.14. The van der Waals surface area contributed by atoms with Crippen molar-refractivity contribution >= 4 is 35.6 Å². The molecule has 2 aromatic rings. The molecule has 1 heterocycles. The van der Waals surface area contributed by atoms with Gasteiger partial charge in [-0.3, -0.25) is 0 Å². The minimum Gasteiger partial charge on any atom is -0.493 e. The van der Waals surface area contributed by atoms with E-state index in [1.165, 1.54) is 0 Å². The quantitative estimate of drug-likeness (QED) is 0.433. The van der Waals surface area contributed by atoms with Crippen molar-refractivity contribution in [1.29, 1.82) is 0 Å². The van der Waals surface area contributed by atoms with Crippen molar-refractivity contribution in [2.75, 3.05) is 19.5 Å². The Kier molecular flexibility index (Phi) is 6.89. The smallest absolute Gasteiger partial charge is 0.248 e. The molecule has 0 spiro atoms. The highest BCUT2D eigenvalue weighted by Crippen LogP contribution is 2.29. The third-order valence-corrected chi connectivity index (χ3v) is 2.61. The van der Waals surface area contributed by atoms with E-state index in [4.69, 9.17) is 19.7 Å². The summed E-state index contributed by atoms with van der Waals surface area (Å²) in [6, 6.07) is 5.34. The minimum atomic E-state index is 0. The number of ether oxygens (including phenoxy) is 2. The van der Waals surface area contributed by atoms with Gasteiger partial charge in [-0.05, 0) is 19.1 Å². The maximum atomic E-state index is 5.80. The van der Waals surface area contributed by atoms with E-state index < -0.39 is 0 Å². The van der Waals surface area contributed by atoms with E-state index in [-0.39, 0.29) is 36.5 Å². The molecule has 1 aromatic carbocycles. The van der Waals surface area contributed by atoms with Gasteiger partial charge in [0.15, 0.2) is 23.3 Å². The number of nitrogens with one attached hydrogen (secondary N) is 1. The van der Waals surface area contributed by atoms with Crippen LogP contribution in [0.5, 0.6) is 11.5 Å². The molecular weight excluding hydrogens is 401 g/mol. The van der Waals surface area contributed by atoms with E-state index in [2.05, 4.69) is 20.4 Å². The van der Waals surface area contributed by atoms with Gasteiger partial charge in [0.2, 0.25) is 5.89 Å². The summed E-state index contributed by atoms with van der Waals surface area (Å²) in [5.41, 5.74) is 6.53. The van der Waals surface area contributed by atoms with Gasteiger partial charge in [-0.25, -0.2) is 4.99 Å². The fourth-order valence-electron chi connectivity index (χ4n) is 1.66. The summed E-state index contributed by atoms with van der Waals surface area (Å²) in [6.07, 6.45) is 0. The number of hydrogen-bond donors (Lipinski definition) is 2. The number of halogens is 1. The molecule has 2 rings (SSSR count). The number of nitrogens with zero attached hydrogens (tertiary/aromatic N) is 3. The first kappa shape index (κ1) is 18.0. The van der Waals surface area contributed by atoms with E-state index in [0.29, 0.717) is 23.2 Å². The molecule has 0 amide bonds. The lowest BCUT2D eigenvalue weighted by Gasteiger charge is -2.10.